The van der Waals surface area contributed by atoms with Crippen LogP contribution in [0.15, 0.2) is 78.4 Å². The number of aliphatic hydroxyl groups excluding tert-OH is 3. The minimum Gasteiger partial charge on any atom is -0.454 e. The molecule has 9 saturated carbocycles. The van der Waals surface area contributed by atoms with Crippen molar-refractivity contribution in [1.82, 2.24) is 5.32 Å². The third kappa shape index (κ3) is 6.33. The van der Waals surface area contributed by atoms with E-state index in [1.807, 2.05) is 18.2 Å². The maximum atomic E-state index is 15.4. The average Bonchev–Trinajstić information content (AvgIpc) is 4.29. The van der Waals surface area contributed by atoms with Gasteiger partial charge in [-0.15, -0.1) is 0 Å². The molecule has 0 radical (unpaired) electrons. The van der Waals surface area contributed by atoms with E-state index in [0.29, 0.717) is 68.6 Å². The summed E-state index contributed by atoms with van der Waals surface area (Å²) in [4.78, 5) is 29.2. The van der Waals surface area contributed by atoms with Gasteiger partial charge in [0, 0.05) is 58.6 Å². The van der Waals surface area contributed by atoms with Crippen LogP contribution in [-0.2, 0) is 20.7 Å². The summed E-state index contributed by atoms with van der Waals surface area (Å²) < 4.78 is 6.33. The highest BCUT2D eigenvalue weighted by Crippen LogP contribution is 2.80. The molecular weight excluding hydrogens is 927 g/mol. The van der Waals surface area contributed by atoms with Gasteiger partial charge >= 0.3 is 5.97 Å². The Balaban J connectivity index is 0.941. The van der Waals surface area contributed by atoms with Crippen molar-refractivity contribution >= 4 is 12.3 Å². The summed E-state index contributed by atoms with van der Waals surface area (Å²) in [6.45, 7) is -0.284. The van der Waals surface area contributed by atoms with Crippen LogP contribution in [0, 0.1) is 99.1 Å². The largest absolute Gasteiger partial charge is 0.454 e. The number of hydrogen-bond donors (Lipinski definition) is 7. The monoisotopic (exact) mass is 1010 g/mol. The molecule has 2 aromatic carbocycles. The molecule has 12 aliphatic rings. The van der Waals surface area contributed by atoms with Crippen LogP contribution in [0.1, 0.15) is 145 Å². The lowest BCUT2D eigenvalue weighted by molar-refractivity contribution is -0.385. The predicted molar refractivity (Wildman–Crippen MR) is 277 cm³/mol. The Bertz CT molecular complexity index is 2690. The summed E-state index contributed by atoms with van der Waals surface area (Å²) in [5.41, 5.74) is -5.37. The van der Waals surface area contributed by atoms with Crippen LogP contribution in [-0.4, -0.2) is 90.8 Å². The Morgan fingerprint density at radius 2 is 1.57 bits per heavy atom. The van der Waals surface area contributed by atoms with Crippen molar-refractivity contribution in [3.8, 4) is 11.8 Å². The predicted octanol–water partition coefficient (Wildman–Crippen LogP) is 7.71. The van der Waals surface area contributed by atoms with Gasteiger partial charge in [0.2, 0.25) is 0 Å². The number of rotatable bonds is 5. The van der Waals surface area contributed by atoms with Crippen molar-refractivity contribution < 1.29 is 45.0 Å². The lowest BCUT2D eigenvalue weighted by atomic mass is 9.32. The number of fused-ring (bicyclic) bond motifs is 10. The Kier molecular flexibility index (Phi) is 11.5. The van der Waals surface area contributed by atoms with Gasteiger partial charge in [-0.25, -0.2) is 4.79 Å². The van der Waals surface area contributed by atoms with E-state index in [9.17, 15) is 35.4 Å². The van der Waals surface area contributed by atoms with E-state index in [1.165, 1.54) is 18.4 Å². The number of aldehydes is 1. The van der Waals surface area contributed by atoms with Crippen molar-refractivity contribution in [1.29, 1.82) is 0 Å². The molecule has 2 spiro atoms. The zero-order chi connectivity index (χ0) is 50.6. The quantitative estimate of drug-likeness (QED) is 0.0517. The van der Waals surface area contributed by atoms with Crippen LogP contribution >= 0.6 is 0 Å². The topological polar surface area (TPSA) is 177 Å². The third-order valence-corrected chi connectivity index (χ3v) is 25.0. The standard InChI is InChI=1S/C64H79NO9/c66-35-61-34-59(25-22-43-27-41(20-21-49(43)59)38-11-2-1-3-12-38)57(69)50-29-42-18-10-19-45(39-15-5-6-16-39)46(42)31-51(63(50,61)72)58(70)64(73)53(61)23-26-60-24-9-8-14-37-13-4-7-17-40(37)30-52(65-36-67)47-28-44(33-62(60,64)71)55(60)48-32-54(68)74-56(47)48/h1-4,7,10-13,17-18,32,35,39,41-47,49-53,55-58,65,67,69-73H,5-6,9,15-16,19-31,33-34,36H2/t41-,42-,43+,44-,45-,46-,47-,49-,50-,51+,52-,53-,55-,56+,57-,58+,59-,60-,61+,62-,63-,64-/m1/s1. The molecule has 0 amide bonds. The van der Waals surface area contributed by atoms with Crippen LogP contribution in [0.25, 0.3) is 0 Å². The molecule has 11 aliphatic carbocycles. The minimum absolute atomic E-state index is 0.0259. The SMILES string of the molecule is O=C[C@@]12C[C@@]3(CC[C@H]4C[C@H](c5ccccc5)CC[C@H]43)[C@H](O)[C@H]3C[C@H]4C=CC[C@H](C5CCCC5)[C@@H]4C[C@@H]([C@H](O)[C@]4(O)[C@@H]1CC[C@@]15CCC#Cc6ccccc6C[C@@H](NCO)[C@H]6C[C@H](C[C@@]14O)[C@@H]5C1=CC(=O)O[C@H]16)[C@]32O. The van der Waals surface area contributed by atoms with E-state index in [4.69, 9.17) is 4.74 Å². The molecule has 0 aromatic heterocycles. The number of benzene rings is 2. The summed E-state index contributed by atoms with van der Waals surface area (Å²) in [5.74, 6) is 4.66. The summed E-state index contributed by atoms with van der Waals surface area (Å²) >= 11 is 0. The van der Waals surface area contributed by atoms with Crippen LogP contribution < -0.4 is 5.32 Å². The number of esters is 1. The molecule has 14 rings (SSSR count). The summed E-state index contributed by atoms with van der Waals surface area (Å²) in [6.07, 6.45) is 18.1. The molecule has 10 heteroatoms. The van der Waals surface area contributed by atoms with Gasteiger partial charge in [-0.1, -0.05) is 98.2 Å². The molecule has 4 bridgehead atoms. The molecular formula is C64H79NO9. The normalized spacial score (nSPS) is 50.6. The van der Waals surface area contributed by atoms with Gasteiger partial charge in [0.1, 0.15) is 23.6 Å². The van der Waals surface area contributed by atoms with Gasteiger partial charge in [0.25, 0.3) is 0 Å². The number of allylic oxidation sites excluding steroid dienone is 2. The van der Waals surface area contributed by atoms with Crippen LogP contribution in [0.4, 0.5) is 0 Å². The van der Waals surface area contributed by atoms with E-state index < -0.39 is 75.1 Å². The fourth-order valence-electron chi connectivity index (χ4n) is 22.5. The van der Waals surface area contributed by atoms with Gasteiger partial charge in [-0.3, -0.25) is 5.32 Å². The number of carbonyl (C=O) groups is 2. The Hall–Kier alpha value is -3.66. The molecule has 74 heavy (non-hydrogen) atoms. The van der Waals surface area contributed by atoms with Gasteiger partial charge < -0.3 is 40.2 Å². The molecule has 0 unspecified atom stereocenters. The zero-order valence-electron chi connectivity index (χ0n) is 43.1. The Labute approximate surface area is 437 Å². The number of ether oxygens (including phenoxy) is 1. The lowest BCUT2D eigenvalue weighted by Gasteiger charge is -2.75. The average molecular weight is 1010 g/mol. The van der Waals surface area contributed by atoms with Crippen molar-refractivity contribution in [2.75, 3.05) is 6.73 Å². The highest BCUT2D eigenvalue weighted by atomic mass is 16.5. The maximum absolute atomic E-state index is 15.4. The van der Waals surface area contributed by atoms with Crippen molar-refractivity contribution in [3.63, 3.8) is 0 Å². The van der Waals surface area contributed by atoms with E-state index >= 15 is 4.79 Å². The van der Waals surface area contributed by atoms with Crippen LogP contribution in [0.3, 0.4) is 0 Å². The second-order valence-electron chi connectivity index (χ2n) is 26.9. The van der Waals surface area contributed by atoms with E-state index in [-0.39, 0.29) is 67.5 Å². The summed E-state index contributed by atoms with van der Waals surface area (Å²) in [7, 11) is 0. The highest BCUT2D eigenvalue weighted by Gasteiger charge is 2.87. The minimum atomic E-state index is -2.25. The third-order valence-electron chi connectivity index (χ3n) is 25.0. The van der Waals surface area contributed by atoms with Gasteiger partial charge in [-0.05, 0) is 172 Å². The first-order chi connectivity index (χ1) is 35.9. The van der Waals surface area contributed by atoms with Crippen LogP contribution in [0.2, 0.25) is 0 Å². The van der Waals surface area contributed by atoms with Crippen molar-refractivity contribution in [2.24, 2.45) is 87.3 Å². The fourth-order valence-corrected chi connectivity index (χ4v) is 22.5. The summed E-state index contributed by atoms with van der Waals surface area (Å²) in [6, 6.07) is 18.6. The van der Waals surface area contributed by atoms with Crippen molar-refractivity contribution in [3.05, 3.63) is 95.1 Å². The fraction of sp³-hybridized carbons (Fsp3) is 0.688. The number of aliphatic hydroxyl groups is 6. The van der Waals surface area contributed by atoms with E-state index in [0.717, 1.165) is 74.4 Å². The molecule has 22 atom stereocenters. The first-order valence-electron chi connectivity index (χ1n) is 29.4. The van der Waals surface area contributed by atoms with Crippen molar-refractivity contribution in [2.45, 2.75) is 175 Å². The molecule has 0 saturated heterocycles. The highest BCUT2D eigenvalue weighted by molar-refractivity contribution is 5.86. The number of nitrogens with one attached hydrogen (secondary N) is 1. The molecule has 394 valence electrons. The van der Waals surface area contributed by atoms with Gasteiger partial charge in [0.05, 0.1) is 30.0 Å². The molecule has 1 heterocycles. The first-order valence-corrected chi connectivity index (χ1v) is 29.4. The molecule has 2 aromatic rings. The Morgan fingerprint density at radius 1 is 0.770 bits per heavy atom. The van der Waals surface area contributed by atoms with E-state index in [2.05, 4.69) is 65.7 Å². The number of carbonyl (C=O) groups excluding carboxylic acids is 2. The first kappa shape index (κ1) is 48.7. The molecule has 10 nitrogen and oxygen atoms in total. The Morgan fingerprint density at radius 3 is 2.38 bits per heavy atom. The summed E-state index contributed by atoms with van der Waals surface area (Å²) in [5, 5.41) is 85.9. The molecule has 9 fully saturated rings. The second-order valence-corrected chi connectivity index (χ2v) is 26.9. The molecule has 1 aliphatic heterocycles. The lowest BCUT2D eigenvalue weighted by Crippen LogP contribution is -2.86. The zero-order valence-corrected chi connectivity index (χ0v) is 43.1. The second kappa shape index (κ2) is 17.4. The molecule has 7 N–H and O–H groups in total. The smallest absolute Gasteiger partial charge is 0.331 e. The van der Waals surface area contributed by atoms with E-state index in [1.54, 1.807) is 6.08 Å². The van der Waals surface area contributed by atoms with Crippen LogP contribution in [0.5, 0.6) is 0 Å². The van der Waals surface area contributed by atoms with Gasteiger partial charge in [-0.2, -0.15) is 0 Å². The van der Waals surface area contributed by atoms with Gasteiger partial charge in [0.15, 0.2) is 0 Å². The number of hydrogen-bond acceptors (Lipinski definition) is 10. The maximum Gasteiger partial charge on any atom is 0.331 e.